The molecule has 1 amide bonds. The van der Waals surface area contributed by atoms with Crippen LogP contribution in [0.25, 0.3) is 0 Å². The van der Waals surface area contributed by atoms with Crippen LogP contribution in [0, 0.1) is 5.41 Å². The quantitative estimate of drug-likeness (QED) is 0.224. The third kappa shape index (κ3) is 4.16. The Kier molecular flexibility index (Phi) is 5.86. The number of hydrogen-bond donors (Lipinski definition) is 5. The topological polar surface area (TPSA) is 155 Å². The van der Waals surface area contributed by atoms with Crippen molar-refractivity contribution in [3.63, 3.8) is 0 Å². The molecule has 0 spiro atoms. The average molecular weight is 441 g/mol. The van der Waals surface area contributed by atoms with Gasteiger partial charge in [-0.1, -0.05) is 13.0 Å². The number of nitrogens with one attached hydrogen (secondary N) is 3. The molecule has 0 bridgehead atoms. The number of carbonyl (C=O) groups is 1. The van der Waals surface area contributed by atoms with Crippen molar-refractivity contribution in [3.05, 3.63) is 82.9 Å². The van der Waals surface area contributed by atoms with Crippen molar-refractivity contribution >= 4 is 40.8 Å². The van der Waals surface area contributed by atoms with Crippen molar-refractivity contribution in [3.8, 4) is 0 Å². The van der Waals surface area contributed by atoms with E-state index in [1.807, 2.05) is 37.3 Å². The molecular formula is C24H24N8O. The fourth-order valence-corrected chi connectivity index (χ4v) is 3.88. The number of benzene rings is 1. The SMILES string of the molecule is CC(=N/C(C(N)=O)=C1/Nc2ccc(N)c(C=N)c2C1C)c1cccnc1Nc1ccccn1. The lowest BCUT2D eigenvalue weighted by molar-refractivity contribution is -0.114. The molecule has 7 N–H and O–H groups in total. The van der Waals surface area contributed by atoms with E-state index >= 15 is 0 Å². The molecule has 3 aromatic rings. The number of carbonyl (C=O) groups excluding carboxylic acids is 1. The van der Waals surface area contributed by atoms with Crippen molar-refractivity contribution in [2.24, 2.45) is 10.7 Å². The number of rotatable bonds is 6. The van der Waals surface area contributed by atoms with E-state index in [2.05, 4.69) is 25.6 Å². The van der Waals surface area contributed by atoms with Crippen molar-refractivity contribution < 1.29 is 4.79 Å². The number of aromatic nitrogens is 2. The van der Waals surface area contributed by atoms with Crippen molar-refractivity contribution in [1.82, 2.24) is 9.97 Å². The molecule has 166 valence electrons. The van der Waals surface area contributed by atoms with Gasteiger partial charge in [0.15, 0.2) is 0 Å². The van der Waals surface area contributed by atoms with Gasteiger partial charge in [0.1, 0.15) is 17.3 Å². The van der Waals surface area contributed by atoms with Crippen LogP contribution in [0.15, 0.2) is 71.2 Å². The van der Waals surface area contributed by atoms with Gasteiger partial charge in [-0.3, -0.25) is 4.79 Å². The van der Waals surface area contributed by atoms with Gasteiger partial charge >= 0.3 is 0 Å². The molecule has 9 heteroatoms. The van der Waals surface area contributed by atoms with Crippen LogP contribution in [0.3, 0.4) is 0 Å². The molecule has 1 aliphatic rings. The van der Waals surface area contributed by atoms with E-state index in [-0.39, 0.29) is 11.6 Å². The summed E-state index contributed by atoms with van der Waals surface area (Å²) in [5, 5.41) is 14.2. The monoisotopic (exact) mass is 440 g/mol. The molecule has 0 saturated carbocycles. The molecule has 3 heterocycles. The fourth-order valence-electron chi connectivity index (χ4n) is 3.88. The molecule has 4 rings (SSSR count). The maximum absolute atomic E-state index is 12.5. The first-order valence-corrected chi connectivity index (χ1v) is 10.3. The minimum absolute atomic E-state index is 0.110. The largest absolute Gasteiger partial charge is 0.398 e. The fraction of sp³-hybridized carbons (Fsp3) is 0.125. The van der Waals surface area contributed by atoms with Crippen LogP contribution in [0.2, 0.25) is 0 Å². The summed E-state index contributed by atoms with van der Waals surface area (Å²) in [5.74, 6) is 0.279. The van der Waals surface area contributed by atoms with Crippen molar-refractivity contribution in [2.75, 3.05) is 16.4 Å². The molecular weight excluding hydrogens is 416 g/mol. The Morgan fingerprint density at radius 3 is 2.67 bits per heavy atom. The van der Waals surface area contributed by atoms with E-state index in [4.69, 9.17) is 16.9 Å². The van der Waals surface area contributed by atoms with Gasteiger partial charge in [0.05, 0.1) is 5.70 Å². The minimum Gasteiger partial charge on any atom is -0.398 e. The first-order chi connectivity index (χ1) is 15.9. The number of hydrogen-bond acceptors (Lipinski definition) is 8. The zero-order valence-corrected chi connectivity index (χ0v) is 18.3. The van der Waals surface area contributed by atoms with E-state index in [1.54, 1.807) is 31.5 Å². The number of aliphatic imine (C=N–C) groups is 1. The normalized spacial score (nSPS) is 16.5. The summed E-state index contributed by atoms with van der Waals surface area (Å²) in [5.41, 5.74) is 16.5. The number of amides is 1. The van der Waals surface area contributed by atoms with Gasteiger partial charge in [0, 0.05) is 52.7 Å². The molecule has 0 saturated heterocycles. The van der Waals surface area contributed by atoms with Crippen LogP contribution in [0.4, 0.5) is 23.0 Å². The molecule has 1 unspecified atom stereocenters. The summed E-state index contributed by atoms with van der Waals surface area (Å²) in [6.45, 7) is 3.71. The van der Waals surface area contributed by atoms with Gasteiger partial charge in [0.2, 0.25) is 0 Å². The smallest absolute Gasteiger partial charge is 0.269 e. The number of allylic oxidation sites excluding steroid dienone is 1. The van der Waals surface area contributed by atoms with Crippen LogP contribution in [-0.2, 0) is 4.79 Å². The molecule has 2 aromatic heterocycles. The summed E-state index contributed by atoms with van der Waals surface area (Å²) in [4.78, 5) is 25.7. The van der Waals surface area contributed by atoms with Crippen LogP contribution >= 0.6 is 0 Å². The molecule has 1 aliphatic heterocycles. The van der Waals surface area contributed by atoms with E-state index in [0.29, 0.717) is 39.9 Å². The molecule has 1 atom stereocenters. The maximum atomic E-state index is 12.5. The molecule has 0 fully saturated rings. The summed E-state index contributed by atoms with van der Waals surface area (Å²) < 4.78 is 0. The van der Waals surface area contributed by atoms with Gasteiger partial charge < -0.3 is 27.5 Å². The minimum atomic E-state index is -0.663. The number of nitrogens with two attached hydrogens (primary N) is 2. The van der Waals surface area contributed by atoms with E-state index in [9.17, 15) is 4.79 Å². The zero-order valence-electron chi connectivity index (χ0n) is 18.3. The first-order valence-electron chi connectivity index (χ1n) is 10.3. The summed E-state index contributed by atoms with van der Waals surface area (Å²) in [6.07, 6.45) is 4.57. The highest BCUT2D eigenvalue weighted by Crippen LogP contribution is 2.43. The van der Waals surface area contributed by atoms with Crippen LogP contribution in [0.1, 0.15) is 36.5 Å². The Morgan fingerprint density at radius 2 is 1.97 bits per heavy atom. The number of fused-ring (bicyclic) bond motifs is 1. The summed E-state index contributed by atoms with van der Waals surface area (Å²) in [6, 6.07) is 12.7. The zero-order chi connectivity index (χ0) is 23.5. The lowest BCUT2D eigenvalue weighted by Crippen LogP contribution is -2.19. The Bertz CT molecular complexity index is 1300. The number of anilines is 4. The van der Waals surface area contributed by atoms with Gasteiger partial charge in [-0.25, -0.2) is 15.0 Å². The highest BCUT2D eigenvalue weighted by atomic mass is 16.1. The third-order valence-electron chi connectivity index (χ3n) is 5.48. The molecule has 0 aliphatic carbocycles. The molecule has 33 heavy (non-hydrogen) atoms. The Morgan fingerprint density at radius 1 is 1.18 bits per heavy atom. The van der Waals surface area contributed by atoms with Crippen LogP contribution in [-0.4, -0.2) is 27.8 Å². The summed E-state index contributed by atoms with van der Waals surface area (Å²) in [7, 11) is 0. The number of nitrogens with zero attached hydrogens (tertiary/aromatic N) is 3. The van der Waals surface area contributed by atoms with Gasteiger partial charge in [0.25, 0.3) is 5.91 Å². The second-order valence-electron chi connectivity index (χ2n) is 7.58. The lowest BCUT2D eigenvalue weighted by atomic mass is 9.94. The average Bonchev–Trinajstić information content (AvgIpc) is 3.14. The first kappa shape index (κ1) is 21.7. The highest BCUT2D eigenvalue weighted by Gasteiger charge is 2.31. The Hall–Kier alpha value is -4.53. The van der Waals surface area contributed by atoms with Crippen LogP contribution < -0.4 is 22.1 Å². The number of nitrogen functional groups attached to an aromatic ring is 1. The molecule has 9 nitrogen and oxygen atoms in total. The van der Waals surface area contributed by atoms with Gasteiger partial charge in [-0.15, -0.1) is 0 Å². The second-order valence-corrected chi connectivity index (χ2v) is 7.58. The lowest BCUT2D eigenvalue weighted by Gasteiger charge is -2.13. The second kappa shape index (κ2) is 8.91. The van der Waals surface area contributed by atoms with E-state index in [1.165, 1.54) is 6.21 Å². The van der Waals surface area contributed by atoms with Crippen molar-refractivity contribution in [1.29, 1.82) is 5.41 Å². The standard InChI is InChI=1S/C24H24N8O/c1-13-20-16(12-25)17(26)8-9-18(20)31-21(13)22(23(27)33)30-14(2)15-6-5-11-29-24(15)32-19-7-3-4-10-28-19/h3-13,25,31H,26H2,1-2H3,(H2,27,33)(H,28,29,32)/b22-21+,25-12?,30-14?. The molecule has 1 aromatic carbocycles. The van der Waals surface area contributed by atoms with Crippen LogP contribution in [0.5, 0.6) is 0 Å². The Labute approximate surface area is 191 Å². The predicted molar refractivity (Wildman–Crippen MR) is 131 cm³/mol. The summed E-state index contributed by atoms with van der Waals surface area (Å²) >= 11 is 0. The predicted octanol–water partition coefficient (Wildman–Crippen LogP) is 3.54. The van der Waals surface area contributed by atoms with Gasteiger partial charge in [-0.2, -0.15) is 0 Å². The van der Waals surface area contributed by atoms with Gasteiger partial charge in [-0.05, 0) is 48.9 Å². The third-order valence-corrected chi connectivity index (χ3v) is 5.48. The van der Waals surface area contributed by atoms with E-state index in [0.717, 1.165) is 11.3 Å². The number of primary amides is 1. The number of pyridine rings is 2. The van der Waals surface area contributed by atoms with E-state index < -0.39 is 5.91 Å². The molecule has 0 radical (unpaired) electrons. The Balaban J connectivity index is 1.77. The highest BCUT2D eigenvalue weighted by molar-refractivity contribution is 6.07. The van der Waals surface area contributed by atoms with Crippen molar-refractivity contribution in [2.45, 2.75) is 19.8 Å². The maximum Gasteiger partial charge on any atom is 0.269 e.